The van der Waals surface area contributed by atoms with Gasteiger partial charge in [-0.2, -0.15) is 0 Å². The fraction of sp³-hybridized carbons (Fsp3) is 0.533. The topological polar surface area (TPSA) is 67.8 Å². The molecule has 0 aromatic heterocycles. The van der Waals surface area contributed by atoms with Crippen molar-refractivity contribution < 1.29 is 19.4 Å². The molecule has 0 bridgehead atoms. The van der Waals surface area contributed by atoms with Crippen LogP contribution in [0, 0.1) is 0 Å². The third kappa shape index (κ3) is 3.00. The van der Waals surface area contributed by atoms with E-state index in [4.69, 9.17) is 9.47 Å². The van der Waals surface area contributed by atoms with Gasteiger partial charge in [-0.3, -0.25) is 4.79 Å². The van der Waals surface area contributed by atoms with Crippen molar-refractivity contribution in [2.24, 2.45) is 0 Å². The van der Waals surface area contributed by atoms with Crippen LogP contribution in [0.4, 0.5) is 0 Å². The van der Waals surface area contributed by atoms with Crippen LogP contribution < -0.4 is 5.32 Å². The zero-order valence-electron chi connectivity index (χ0n) is 12.0. The number of hydrogen-bond donors (Lipinski definition) is 2. The second-order valence-corrected chi connectivity index (χ2v) is 5.39. The largest absolute Gasteiger partial charge is 0.388 e. The number of carbonyl (C=O) groups excluding carboxylic acids is 1. The molecule has 2 N–H and O–H groups in total. The summed E-state index contributed by atoms with van der Waals surface area (Å²) < 4.78 is 10.7. The van der Waals surface area contributed by atoms with Gasteiger partial charge >= 0.3 is 0 Å². The Hall–Kier alpha value is -1.43. The smallest absolute Gasteiger partial charge is 0.251 e. The predicted molar refractivity (Wildman–Crippen MR) is 74.3 cm³/mol. The Labute approximate surface area is 118 Å². The third-order valence-corrected chi connectivity index (χ3v) is 3.75. The summed E-state index contributed by atoms with van der Waals surface area (Å²) in [7, 11) is 1.55. The number of methoxy groups -OCH3 is 1. The molecule has 1 aliphatic heterocycles. The van der Waals surface area contributed by atoms with Gasteiger partial charge in [0.1, 0.15) is 6.10 Å². The Morgan fingerprint density at radius 1 is 1.45 bits per heavy atom. The molecule has 0 unspecified atom stereocenters. The molecule has 20 heavy (non-hydrogen) atoms. The summed E-state index contributed by atoms with van der Waals surface area (Å²) in [6, 6.07) is 8.94. The Balaban J connectivity index is 2.14. The minimum Gasteiger partial charge on any atom is -0.388 e. The van der Waals surface area contributed by atoms with Crippen molar-refractivity contribution in [3.63, 3.8) is 0 Å². The molecule has 2 rings (SSSR count). The third-order valence-electron chi connectivity index (χ3n) is 3.75. The average Bonchev–Trinajstić information content (AvgIpc) is 2.45. The van der Waals surface area contributed by atoms with Crippen LogP contribution in [0.25, 0.3) is 0 Å². The van der Waals surface area contributed by atoms with Crippen LogP contribution in [0.2, 0.25) is 0 Å². The SMILES string of the molecule is CO[C@H]1C[C@@](C)(NC(=O)c2ccccc2)[C@H](O)[C@H](C)O1. The molecule has 0 spiro atoms. The van der Waals surface area contributed by atoms with Crippen molar-refractivity contribution in [1.82, 2.24) is 5.32 Å². The lowest BCUT2D eigenvalue weighted by atomic mass is 9.85. The van der Waals surface area contributed by atoms with Gasteiger partial charge in [0.15, 0.2) is 6.29 Å². The predicted octanol–water partition coefficient (Wildman–Crippen LogP) is 1.32. The molecule has 1 aromatic rings. The monoisotopic (exact) mass is 279 g/mol. The lowest BCUT2D eigenvalue weighted by molar-refractivity contribution is -0.230. The van der Waals surface area contributed by atoms with Crippen LogP contribution in [0.3, 0.4) is 0 Å². The molecule has 1 aromatic carbocycles. The standard InChI is InChI=1S/C15H21NO4/c1-10-13(17)15(2,9-12(19-3)20-10)16-14(18)11-7-5-4-6-8-11/h4-8,10,12-13,17H,9H2,1-3H3,(H,16,18)/t10-,12+,13+,15+/m0/s1. The first-order valence-corrected chi connectivity index (χ1v) is 6.70. The van der Waals surface area contributed by atoms with Crippen molar-refractivity contribution in [3.8, 4) is 0 Å². The maximum absolute atomic E-state index is 12.3. The number of rotatable bonds is 3. The van der Waals surface area contributed by atoms with Gasteiger partial charge in [0.2, 0.25) is 0 Å². The molecular weight excluding hydrogens is 258 g/mol. The second-order valence-electron chi connectivity index (χ2n) is 5.39. The van der Waals surface area contributed by atoms with Gasteiger partial charge in [0.05, 0.1) is 11.6 Å². The molecule has 1 heterocycles. The lowest BCUT2D eigenvalue weighted by Gasteiger charge is -2.45. The minimum absolute atomic E-state index is 0.212. The second kappa shape index (κ2) is 5.91. The fourth-order valence-corrected chi connectivity index (χ4v) is 2.53. The number of carbonyl (C=O) groups is 1. The molecular formula is C15H21NO4. The number of aliphatic hydroxyl groups is 1. The van der Waals surface area contributed by atoms with E-state index in [-0.39, 0.29) is 5.91 Å². The molecule has 110 valence electrons. The molecule has 1 saturated heterocycles. The molecule has 4 atom stereocenters. The van der Waals surface area contributed by atoms with Crippen molar-refractivity contribution >= 4 is 5.91 Å². The van der Waals surface area contributed by atoms with Crippen LogP contribution in [0.15, 0.2) is 30.3 Å². The first-order chi connectivity index (χ1) is 9.46. The number of amides is 1. The molecule has 1 aliphatic rings. The molecule has 1 amide bonds. The quantitative estimate of drug-likeness (QED) is 0.875. The maximum Gasteiger partial charge on any atom is 0.251 e. The van der Waals surface area contributed by atoms with Crippen molar-refractivity contribution in [1.29, 1.82) is 0 Å². The Morgan fingerprint density at radius 3 is 2.70 bits per heavy atom. The first kappa shape index (κ1) is 15.0. The highest BCUT2D eigenvalue weighted by atomic mass is 16.7. The fourth-order valence-electron chi connectivity index (χ4n) is 2.53. The first-order valence-electron chi connectivity index (χ1n) is 6.70. The molecule has 5 nitrogen and oxygen atoms in total. The number of aliphatic hydroxyl groups excluding tert-OH is 1. The van der Waals surface area contributed by atoms with E-state index in [0.717, 1.165) is 0 Å². The number of hydrogen-bond acceptors (Lipinski definition) is 4. The summed E-state index contributed by atoms with van der Waals surface area (Å²) in [5.74, 6) is -0.212. The van der Waals surface area contributed by atoms with E-state index in [1.807, 2.05) is 13.0 Å². The van der Waals surface area contributed by atoms with Crippen LogP contribution in [0.1, 0.15) is 30.6 Å². The highest BCUT2D eigenvalue weighted by Crippen LogP contribution is 2.29. The van der Waals surface area contributed by atoms with Crippen LogP contribution in [-0.2, 0) is 9.47 Å². The van der Waals surface area contributed by atoms with Gasteiger partial charge < -0.3 is 19.9 Å². The van der Waals surface area contributed by atoms with E-state index in [1.165, 1.54) is 0 Å². The maximum atomic E-state index is 12.3. The highest BCUT2D eigenvalue weighted by molar-refractivity contribution is 5.94. The summed E-state index contributed by atoms with van der Waals surface area (Å²) in [4.78, 5) is 12.3. The Kier molecular flexibility index (Phi) is 4.42. The molecule has 1 fully saturated rings. The van der Waals surface area contributed by atoms with Gasteiger partial charge in [-0.05, 0) is 26.0 Å². The Morgan fingerprint density at radius 2 is 2.10 bits per heavy atom. The van der Waals surface area contributed by atoms with E-state index < -0.39 is 24.0 Å². The number of nitrogens with one attached hydrogen (secondary N) is 1. The van der Waals surface area contributed by atoms with Gasteiger partial charge in [-0.15, -0.1) is 0 Å². The van der Waals surface area contributed by atoms with Gasteiger partial charge in [0, 0.05) is 19.1 Å². The van der Waals surface area contributed by atoms with E-state index in [1.54, 1.807) is 38.3 Å². The van der Waals surface area contributed by atoms with Crippen molar-refractivity contribution in [2.75, 3.05) is 7.11 Å². The zero-order chi connectivity index (χ0) is 14.8. The van der Waals surface area contributed by atoms with E-state index in [9.17, 15) is 9.90 Å². The molecule has 0 aliphatic carbocycles. The summed E-state index contributed by atoms with van der Waals surface area (Å²) in [5.41, 5.74) is -0.223. The Bertz CT molecular complexity index is 464. The summed E-state index contributed by atoms with van der Waals surface area (Å²) >= 11 is 0. The highest BCUT2D eigenvalue weighted by Gasteiger charge is 2.45. The lowest BCUT2D eigenvalue weighted by Crippen LogP contribution is -2.63. The average molecular weight is 279 g/mol. The van der Waals surface area contributed by atoms with Gasteiger partial charge in [-0.25, -0.2) is 0 Å². The van der Waals surface area contributed by atoms with Crippen molar-refractivity contribution in [2.45, 2.75) is 44.3 Å². The summed E-state index contributed by atoms with van der Waals surface area (Å²) in [6.45, 7) is 3.58. The summed E-state index contributed by atoms with van der Waals surface area (Å²) in [6.07, 6.45) is -1.24. The van der Waals surface area contributed by atoms with E-state index in [0.29, 0.717) is 12.0 Å². The molecule has 0 saturated carbocycles. The van der Waals surface area contributed by atoms with Crippen molar-refractivity contribution in [3.05, 3.63) is 35.9 Å². The van der Waals surface area contributed by atoms with Crippen LogP contribution in [-0.4, -0.2) is 42.2 Å². The van der Waals surface area contributed by atoms with Crippen LogP contribution in [0.5, 0.6) is 0 Å². The van der Waals surface area contributed by atoms with Gasteiger partial charge in [0.25, 0.3) is 5.91 Å². The van der Waals surface area contributed by atoms with E-state index >= 15 is 0 Å². The number of ether oxygens (including phenoxy) is 2. The van der Waals surface area contributed by atoms with Gasteiger partial charge in [-0.1, -0.05) is 18.2 Å². The zero-order valence-corrected chi connectivity index (χ0v) is 12.0. The minimum atomic E-state index is -0.790. The molecule has 5 heteroatoms. The molecule has 0 radical (unpaired) electrons. The summed E-state index contributed by atoms with van der Waals surface area (Å²) in [5, 5.41) is 13.2. The van der Waals surface area contributed by atoms with E-state index in [2.05, 4.69) is 5.32 Å². The van der Waals surface area contributed by atoms with Crippen LogP contribution >= 0.6 is 0 Å². The normalized spacial score (nSPS) is 33.7. The number of benzene rings is 1.